The average Bonchev–Trinajstić information content (AvgIpc) is 2.86. The number of para-hydroxylation sites is 1. The van der Waals surface area contributed by atoms with Gasteiger partial charge in [-0.05, 0) is 31.6 Å². The number of amides is 1. The molecule has 0 spiro atoms. The Labute approximate surface area is 129 Å². The van der Waals surface area contributed by atoms with Crippen LogP contribution < -0.4 is 5.32 Å². The Morgan fingerprint density at radius 1 is 1.05 bits per heavy atom. The van der Waals surface area contributed by atoms with Gasteiger partial charge in [-0.3, -0.25) is 4.79 Å². The summed E-state index contributed by atoms with van der Waals surface area (Å²) in [4.78, 5) is 11.9. The number of hydrogen-bond acceptors (Lipinski definition) is 1. The van der Waals surface area contributed by atoms with Crippen molar-refractivity contribution in [2.45, 2.75) is 41.5 Å². The van der Waals surface area contributed by atoms with Gasteiger partial charge < -0.3 is 5.32 Å². The normalized spacial score (nSPS) is 14.9. The molecule has 0 fully saturated rings. The van der Waals surface area contributed by atoms with Crippen molar-refractivity contribution in [2.24, 2.45) is 0 Å². The Morgan fingerprint density at radius 2 is 1.67 bits per heavy atom. The van der Waals surface area contributed by atoms with Crippen LogP contribution in [0.3, 0.4) is 0 Å². The molecule has 1 aromatic rings. The zero-order valence-corrected chi connectivity index (χ0v) is 14.0. The molecule has 21 heavy (non-hydrogen) atoms. The summed E-state index contributed by atoms with van der Waals surface area (Å²) in [5.41, 5.74) is 3.63. The summed E-state index contributed by atoms with van der Waals surface area (Å²) in [5, 5.41) is 2.86. The molecule has 1 amide bonds. The van der Waals surface area contributed by atoms with Crippen molar-refractivity contribution in [1.29, 1.82) is 0 Å². The highest BCUT2D eigenvalue weighted by Gasteiger charge is 2.22. The summed E-state index contributed by atoms with van der Waals surface area (Å²) >= 11 is 0. The molecule has 0 atom stereocenters. The Bertz CT molecular complexity index is 536. The topological polar surface area (TPSA) is 29.1 Å². The summed E-state index contributed by atoms with van der Waals surface area (Å²) in [5.74, 6) is -0.0324. The van der Waals surface area contributed by atoms with E-state index in [1.54, 1.807) is 0 Å². The van der Waals surface area contributed by atoms with E-state index in [1.807, 2.05) is 90.1 Å². The minimum atomic E-state index is -0.0324. The number of anilines is 1. The second-order valence-corrected chi connectivity index (χ2v) is 3.85. The van der Waals surface area contributed by atoms with Crippen molar-refractivity contribution in [1.82, 2.24) is 0 Å². The molecule has 0 unspecified atom stereocenters. The number of rotatable bonds is 2. The van der Waals surface area contributed by atoms with Crippen molar-refractivity contribution >= 4 is 17.2 Å². The monoisotopic (exact) mass is 285 g/mol. The predicted molar refractivity (Wildman–Crippen MR) is 94.3 cm³/mol. The highest BCUT2D eigenvalue weighted by Crippen LogP contribution is 2.32. The molecular formula is C19H27NO. The quantitative estimate of drug-likeness (QED) is 0.556. The summed E-state index contributed by atoms with van der Waals surface area (Å²) in [6.07, 6.45) is 7.86. The van der Waals surface area contributed by atoms with Crippen molar-refractivity contribution in [3.05, 3.63) is 59.7 Å². The van der Waals surface area contributed by atoms with E-state index in [9.17, 15) is 4.79 Å². The average molecular weight is 285 g/mol. The van der Waals surface area contributed by atoms with Gasteiger partial charge in [-0.15, -0.1) is 0 Å². The molecule has 0 bridgehead atoms. The van der Waals surface area contributed by atoms with E-state index in [0.29, 0.717) is 0 Å². The molecule has 2 rings (SSSR count). The van der Waals surface area contributed by atoms with Crippen molar-refractivity contribution < 1.29 is 4.79 Å². The molecule has 2 nitrogen and oxygen atoms in total. The van der Waals surface area contributed by atoms with Gasteiger partial charge >= 0.3 is 0 Å². The summed E-state index contributed by atoms with van der Waals surface area (Å²) < 4.78 is 0. The number of hydrogen-bond donors (Lipinski definition) is 1. The van der Waals surface area contributed by atoms with Gasteiger partial charge in [-0.25, -0.2) is 0 Å². The molecule has 1 aliphatic rings. The zero-order chi connectivity index (χ0) is 16.3. The van der Waals surface area contributed by atoms with Crippen LogP contribution in [-0.2, 0) is 4.79 Å². The molecule has 0 saturated heterocycles. The maximum absolute atomic E-state index is 11.9. The number of nitrogens with one attached hydrogen (secondary N) is 1. The van der Waals surface area contributed by atoms with Crippen LogP contribution in [0, 0.1) is 0 Å². The predicted octanol–water partition coefficient (Wildman–Crippen LogP) is 5.60. The third-order valence-corrected chi connectivity index (χ3v) is 2.71. The smallest absolute Gasteiger partial charge is 0.256 e. The lowest BCUT2D eigenvalue weighted by molar-refractivity contribution is -0.110. The number of benzene rings is 1. The third kappa shape index (κ3) is 5.07. The summed E-state index contributed by atoms with van der Waals surface area (Å²) in [6, 6.07) is 7.74. The lowest BCUT2D eigenvalue weighted by Gasteiger charge is -1.98. The van der Waals surface area contributed by atoms with Gasteiger partial charge in [0.2, 0.25) is 0 Å². The van der Waals surface area contributed by atoms with E-state index < -0.39 is 0 Å². The second kappa shape index (κ2) is 10.7. The molecule has 0 aliphatic carbocycles. The standard InChI is InChI=1S/C15H15NO.2C2H6/c1-3-7-11(4-2)10-13-12-8-5-6-9-14(12)16-15(13)17;2*1-2/h3-10H,1-2H3,(H,16,17);2*1-2H3/b7-3-,11-4+,13-10-;;. The maximum Gasteiger partial charge on any atom is 0.256 e. The Kier molecular flexibility index (Phi) is 9.61. The largest absolute Gasteiger partial charge is 0.321 e. The van der Waals surface area contributed by atoms with Gasteiger partial charge in [0.15, 0.2) is 0 Å². The molecule has 1 heterocycles. The van der Waals surface area contributed by atoms with E-state index in [4.69, 9.17) is 0 Å². The third-order valence-electron chi connectivity index (χ3n) is 2.71. The Morgan fingerprint density at radius 3 is 2.24 bits per heavy atom. The van der Waals surface area contributed by atoms with Crippen LogP contribution in [-0.4, -0.2) is 5.91 Å². The van der Waals surface area contributed by atoms with E-state index in [-0.39, 0.29) is 5.91 Å². The van der Waals surface area contributed by atoms with E-state index >= 15 is 0 Å². The number of carbonyl (C=O) groups excluding carboxylic acids is 1. The first-order valence-electron chi connectivity index (χ1n) is 7.67. The van der Waals surface area contributed by atoms with Crippen LogP contribution >= 0.6 is 0 Å². The minimum Gasteiger partial charge on any atom is -0.321 e. The molecule has 1 aliphatic heterocycles. The number of carbonyl (C=O) groups is 1. The summed E-state index contributed by atoms with van der Waals surface area (Å²) in [7, 11) is 0. The van der Waals surface area contributed by atoms with Crippen LogP contribution in [0.1, 0.15) is 47.1 Å². The Balaban J connectivity index is 0.000000921. The fourth-order valence-corrected chi connectivity index (χ4v) is 1.87. The first-order chi connectivity index (χ1) is 10.3. The van der Waals surface area contributed by atoms with Crippen LogP contribution in [0.4, 0.5) is 5.69 Å². The van der Waals surface area contributed by atoms with E-state index in [0.717, 1.165) is 22.4 Å². The number of fused-ring (bicyclic) bond motifs is 1. The molecule has 0 aromatic heterocycles. The van der Waals surface area contributed by atoms with Crippen molar-refractivity contribution in [3.63, 3.8) is 0 Å². The van der Waals surface area contributed by atoms with E-state index in [1.165, 1.54) is 0 Å². The first-order valence-corrected chi connectivity index (χ1v) is 7.67. The fourth-order valence-electron chi connectivity index (χ4n) is 1.87. The second-order valence-electron chi connectivity index (χ2n) is 3.85. The van der Waals surface area contributed by atoms with Gasteiger partial charge in [0.25, 0.3) is 5.91 Å². The van der Waals surface area contributed by atoms with Crippen LogP contribution in [0.5, 0.6) is 0 Å². The fraction of sp³-hybridized carbons (Fsp3) is 0.316. The molecule has 2 heteroatoms. The molecule has 0 saturated carbocycles. The molecule has 1 N–H and O–H groups in total. The molecule has 0 radical (unpaired) electrons. The van der Waals surface area contributed by atoms with Crippen LogP contribution in [0.15, 0.2) is 54.1 Å². The lowest BCUT2D eigenvalue weighted by Crippen LogP contribution is -2.03. The molecule has 114 valence electrons. The molecule has 1 aromatic carbocycles. The highest BCUT2D eigenvalue weighted by molar-refractivity contribution is 6.31. The van der Waals surface area contributed by atoms with Gasteiger partial charge in [0.1, 0.15) is 0 Å². The van der Waals surface area contributed by atoms with Crippen molar-refractivity contribution in [3.8, 4) is 0 Å². The first kappa shape index (κ1) is 18.9. The summed E-state index contributed by atoms with van der Waals surface area (Å²) in [6.45, 7) is 11.9. The van der Waals surface area contributed by atoms with Gasteiger partial charge in [-0.2, -0.15) is 0 Å². The van der Waals surface area contributed by atoms with Gasteiger partial charge in [0.05, 0.1) is 0 Å². The van der Waals surface area contributed by atoms with E-state index in [2.05, 4.69) is 5.32 Å². The number of allylic oxidation sites excluding steroid dienone is 5. The van der Waals surface area contributed by atoms with Crippen molar-refractivity contribution in [2.75, 3.05) is 5.32 Å². The highest BCUT2D eigenvalue weighted by atomic mass is 16.2. The lowest BCUT2D eigenvalue weighted by atomic mass is 10.0. The van der Waals surface area contributed by atoms with Crippen LogP contribution in [0.2, 0.25) is 0 Å². The Hall–Kier alpha value is -2.09. The van der Waals surface area contributed by atoms with Crippen LogP contribution in [0.25, 0.3) is 5.57 Å². The van der Waals surface area contributed by atoms with Gasteiger partial charge in [-0.1, -0.05) is 64.1 Å². The SMILES string of the molecule is CC.CC.C\C=C/C(/C=C1\C(=O)Nc2ccccc21)=C\C. The zero-order valence-electron chi connectivity index (χ0n) is 14.0. The molecular weight excluding hydrogens is 258 g/mol. The maximum atomic E-state index is 11.9. The van der Waals surface area contributed by atoms with Gasteiger partial charge in [0, 0.05) is 16.8 Å². The minimum absolute atomic E-state index is 0.0324.